The molecule has 1 amide bonds. The zero-order valence-corrected chi connectivity index (χ0v) is 16.2. The monoisotopic (exact) mass is 425 g/mol. The van der Waals surface area contributed by atoms with E-state index in [0.717, 1.165) is 12.1 Å². The molecule has 1 atom stereocenters. The van der Waals surface area contributed by atoms with Gasteiger partial charge in [-0.1, -0.05) is 42.5 Å². The first-order valence-corrected chi connectivity index (χ1v) is 9.47. The molecule has 0 aliphatic rings. The molecule has 158 valence electrons. The predicted molar refractivity (Wildman–Crippen MR) is 109 cm³/mol. The molecule has 0 saturated carbocycles. The van der Waals surface area contributed by atoms with E-state index in [1.807, 2.05) is 30.5 Å². The van der Waals surface area contributed by atoms with Crippen molar-refractivity contribution >= 4 is 17.2 Å². The summed E-state index contributed by atoms with van der Waals surface area (Å²) < 4.78 is 40.8. The summed E-state index contributed by atoms with van der Waals surface area (Å²) in [6.45, 7) is 0.223. The zero-order valence-electron chi connectivity index (χ0n) is 16.2. The number of carbonyl (C=O) groups excluding carboxylic acids is 1. The van der Waals surface area contributed by atoms with Gasteiger partial charge in [0.25, 0.3) is 0 Å². The molecule has 4 aromatic rings. The number of nitrogens with one attached hydrogen (secondary N) is 2. The van der Waals surface area contributed by atoms with Gasteiger partial charge in [0.2, 0.25) is 5.91 Å². The van der Waals surface area contributed by atoms with Crippen LogP contribution in [0.25, 0.3) is 5.65 Å². The van der Waals surface area contributed by atoms with Crippen molar-refractivity contribution in [2.24, 2.45) is 0 Å². The number of amides is 1. The van der Waals surface area contributed by atoms with Gasteiger partial charge in [0.1, 0.15) is 6.04 Å². The average molecular weight is 425 g/mol. The summed E-state index contributed by atoms with van der Waals surface area (Å²) >= 11 is 0. The quantitative estimate of drug-likeness (QED) is 0.485. The van der Waals surface area contributed by atoms with Crippen molar-refractivity contribution in [1.29, 1.82) is 0 Å². The Balaban J connectivity index is 1.56. The molecule has 0 bridgehead atoms. The van der Waals surface area contributed by atoms with Gasteiger partial charge in [-0.3, -0.25) is 14.5 Å². The lowest BCUT2D eigenvalue weighted by Gasteiger charge is -2.19. The van der Waals surface area contributed by atoms with E-state index in [1.165, 1.54) is 12.1 Å². The number of carbonyl (C=O) groups is 1. The van der Waals surface area contributed by atoms with Crippen molar-refractivity contribution in [2.45, 2.75) is 18.8 Å². The lowest BCUT2D eigenvalue weighted by Crippen LogP contribution is -2.33. The molecular formula is C22H18F3N5O. The van der Waals surface area contributed by atoms with E-state index in [1.54, 1.807) is 28.7 Å². The molecule has 2 aromatic carbocycles. The SMILES string of the molecule is O=C(Nc1cccc(C(F)(F)F)c1)[C@@H](NCc1nnc2ccccn12)c1ccccc1. The average Bonchev–Trinajstić information content (AvgIpc) is 3.17. The van der Waals surface area contributed by atoms with E-state index in [-0.39, 0.29) is 12.2 Å². The standard InChI is InChI=1S/C22H18F3N5O/c23-22(24,25)16-9-6-10-17(13-16)27-21(31)20(15-7-2-1-3-8-15)26-14-19-29-28-18-11-4-5-12-30(18)19/h1-13,20,26H,14H2,(H,27,31)/t20-/m0/s1. The van der Waals surface area contributed by atoms with Crippen molar-refractivity contribution in [2.75, 3.05) is 5.32 Å². The third kappa shape index (κ3) is 4.72. The molecule has 2 N–H and O–H groups in total. The minimum absolute atomic E-state index is 0.0653. The largest absolute Gasteiger partial charge is 0.416 e. The third-order valence-electron chi connectivity index (χ3n) is 4.70. The fourth-order valence-electron chi connectivity index (χ4n) is 3.20. The van der Waals surface area contributed by atoms with Crippen LogP contribution in [0.3, 0.4) is 0 Å². The van der Waals surface area contributed by atoms with E-state index >= 15 is 0 Å². The van der Waals surface area contributed by atoms with E-state index in [0.29, 0.717) is 17.0 Å². The van der Waals surface area contributed by atoms with Crippen LogP contribution >= 0.6 is 0 Å². The van der Waals surface area contributed by atoms with Gasteiger partial charge in [0.15, 0.2) is 11.5 Å². The lowest BCUT2D eigenvalue weighted by molar-refractivity contribution is -0.137. The molecule has 0 saturated heterocycles. The maximum Gasteiger partial charge on any atom is 0.416 e. The van der Waals surface area contributed by atoms with Crippen molar-refractivity contribution < 1.29 is 18.0 Å². The molecule has 0 aliphatic carbocycles. The minimum atomic E-state index is -4.49. The molecule has 9 heteroatoms. The van der Waals surface area contributed by atoms with Crippen molar-refractivity contribution in [3.63, 3.8) is 0 Å². The Hall–Kier alpha value is -3.72. The highest BCUT2D eigenvalue weighted by Gasteiger charge is 2.30. The summed E-state index contributed by atoms with van der Waals surface area (Å²) in [4.78, 5) is 13.0. The first-order valence-electron chi connectivity index (χ1n) is 9.47. The fourth-order valence-corrected chi connectivity index (χ4v) is 3.20. The Labute approximate surface area is 175 Å². The van der Waals surface area contributed by atoms with Crippen LogP contribution in [0.2, 0.25) is 0 Å². The van der Waals surface area contributed by atoms with Crippen molar-refractivity contribution in [1.82, 2.24) is 19.9 Å². The fraction of sp³-hybridized carbons (Fsp3) is 0.136. The highest BCUT2D eigenvalue weighted by Crippen LogP contribution is 2.31. The molecule has 0 aliphatic heterocycles. The number of anilines is 1. The van der Waals surface area contributed by atoms with Crippen LogP contribution in [0, 0.1) is 0 Å². The highest BCUT2D eigenvalue weighted by atomic mass is 19.4. The van der Waals surface area contributed by atoms with Crippen LogP contribution in [-0.2, 0) is 17.5 Å². The maximum atomic E-state index is 13.0. The number of nitrogens with zero attached hydrogens (tertiary/aromatic N) is 3. The van der Waals surface area contributed by atoms with Crippen molar-refractivity contribution in [3.8, 4) is 0 Å². The smallest absolute Gasteiger partial charge is 0.324 e. The summed E-state index contributed by atoms with van der Waals surface area (Å²) in [5.74, 6) is 0.114. The van der Waals surface area contributed by atoms with Crippen LogP contribution in [0.4, 0.5) is 18.9 Å². The number of hydrogen-bond acceptors (Lipinski definition) is 4. The molecule has 0 unspecified atom stereocenters. The molecule has 2 heterocycles. The van der Waals surface area contributed by atoms with E-state index in [9.17, 15) is 18.0 Å². The number of alkyl halides is 3. The predicted octanol–water partition coefficient (Wildman–Crippen LogP) is 4.22. The van der Waals surface area contributed by atoms with Gasteiger partial charge in [0, 0.05) is 11.9 Å². The molecule has 4 rings (SSSR count). The van der Waals surface area contributed by atoms with E-state index in [4.69, 9.17) is 0 Å². The molecule has 0 fully saturated rings. The molecule has 31 heavy (non-hydrogen) atoms. The number of aromatic nitrogens is 3. The molecular weight excluding hydrogens is 407 g/mol. The maximum absolute atomic E-state index is 13.0. The topological polar surface area (TPSA) is 71.3 Å². The van der Waals surface area contributed by atoms with Gasteiger partial charge in [-0.05, 0) is 35.9 Å². The summed E-state index contributed by atoms with van der Waals surface area (Å²) in [5.41, 5.74) is 0.574. The Morgan fingerprint density at radius 2 is 1.74 bits per heavy atom. The number of hydrogen-bond donors (Lipinski definition) is 2. The Kier molecular flexibility index (Phi) is 5.68. The molecule has 6 nitrogen and oxygen atoms in total. The van der Waals surface area contributed by atoms with Gasteiger partial charge in [-0.25, -0.2) is 0 Å². The first-order chi connectivity index (χ1) is 14.9. The molecule has 0 spiro atoms. The van der Waals surface area contributed by atoms with Crippen LogP contribution in [-0.4, -0.2) is 20.5 Å². The van der Waals surface area contributed by atoms with Crippen molar-refractivity contribution in [3.05, 3.63) is 95.9 Å². The Morgan fingerprint density at radius 1 is 0.968 bits per heavy atom. The van der Waals surface area contributed by atoms with Gasteiger partial charge in [-0.2, -0.15) is 13.2 Å². The second kappa shape index (κ2) is 8.57. The zero-order chi connectivity index (χ0) is 21.8. The van der Waals surface area contributed by atoms with Crippen LogP contribution in [0.15, 0.2) is 79.0 Å². The number of halogens is 3. The third-order valence-corrected chi connectivity index (χ3v) is 4.70. The normalized spacial score (nSPS) is 12.6. The minimum Gasteiger partial charge on any atom is -0.324 e. The number of rotatable bonds is 6. The Morgan fingerprint density at radius 3 is 2.52 bits per heavy atom. The van der Waals surface area contributed by atoms with Gasteiger partial charge >= 0.3 is 6.18 Å². The van der Waals surface area contributed by atoms with Gasteiger partial charge in [0.05, 0.1) is 12.1 Å². The number of pyridine rings is 1. The van der Waals surface area contributed by atoms with Crippen LogP contribution in [0.1, 0.15) is 23.0 Å². The van der Waals surface area contributed by atoms with Crippen LogP contribution in [0.5, 0.6) is 0 Å². The highest BCUT2D eigenvalue weighted by molar-refractivity contribution is 5.95. The molecule has 0 radical (unpaired) electrons. The summed E-state index contributed by atoms with van der Waals surface area (Å²) in [5, 5.41) is 13.9. The van der Waals surface area contributed by atoms with Gasteiger partial charge in [-0.15, -0.1) is 10.2 Å². The second-order valence-electron chi connectivity index (χ2n) is 6.84. The summed E-state index contributed by atoms with van der Waals surface area (Å²) in [6.07, 6.45) is -2.68. The number of benzene rings is 2. The first kappa shape index (κ1) is 20.5. The van der Waals surface area contributed by atoms with E-state index in [2.05, 4.69) is 20.8 Å². The second-order valence-corrected chi connectivity index (χ2v) is 6.84. The Bertz CT molecular complexity index is 1190. The van der Waals surface area contributed by atoms with Gasteiger partial charge < -0.3 is 5.32 Å². The van der Waals surface area contributed by atoms with E-state index < -0.39 is 23.7 Å². The van der Waals surface area contributed by atoms with Crippen LogP contribution < -0.4 is 10.6 Å². The molecule has 2 aromatic heterocycles. The summed E-state index contributed by atoms with van der Waals surface area (Å²) in [7, 11) is 0. The summed E-state index contributed by atoms with van der Waals surface area (Å²) in [6, 6.07) is 18.1. The number of fused-ring (bicyclic) bond motifs is 1. The lowest BCUT2D eigenvalue weighted by atomic mass is 10.1.